The van der Waals surface area contributed by atoms with E-state index < -0.39 is 0 Å². The van der Waals surface area contributed by atoms with Gasteiger partial charge in [0.1, 0.15) is 0 Å². The minimum absolute atomic E-state index is 0.00419. The molecule has 1 amide bonds. The van der Waals surface area contributed by atoms with Crippen LogP contribution in [0.25, 0.3) is 11.1 Å². The Morgan fingerprint density at radius 3 is 2.62 bits per heavy atom. The summed E-state index contributed by atoms with van der Waals surface area (Å²) in [4.78, 5) is 15.9. The van der Waals surface area contributed by atoms with Crippen LogP contribution in [0.4, 0.5) is 0 Å². The number of amides is 1. The fourth-order valence-electron chi connectivity index (χ4n) is 4.21. The highest BCUT2D eigenvalue weighted by Crippen LogP contribution is 2.31. The molecule has 1 fully saturated rings. The molecule has 0 saturated carbocycles. The summed E-state index contributed by atoms with van der Waals surface area (Å²) in [5.41, 5.74) is 4.87. The van der Waals surface area contributed by atoms with Crippen LogP contribution < -0.4 is 5.32 Å². The number of nitrogens with zero attached hydrogens (tertiary/aromatic N) is 1. The van der Waals surface area contributed by atoms with Crippen LogP contribution in [0.3, 0.4) is 0 Å². The lowest BCUT2D eigenvalue weighted by atomic mass is 9.87. The van der Waals surface area contributed by atoms with Gasteiger partial charge in [-0.25, -0.2) is 0 Å². The first kappa shape index (κ1) is 23.0. The standard InChI is InChI=1S/C27H31ClN2OS/c1-27(2,3)22-10-8-19(9-11-22)16-30-13-12-20(17-30)15-29-26(31)25-14-21(18-32-25)23-6-4-5-7-24(23)28/h4-11,14,18,20H,12-13,15-17H2,1-3H3,(H,29,31). The Balaban J connectivity index is 1.26. The highest BCUT2D eigenvalue weighted by Gasteiger charge is 2.23. The molecule has 3 aromatic rings. The van der Waals surface area contributed by atoms with Gasteiger partial charge < -0.3 is 5.32 Å². The smallest absolute Gasteiger partial charge is 0.261 e. The summed E-state index contributed by atoms with van der Waals surface area (Å²) in [7, 11) is 0. The van der Waals surface area contributed by atoms with Gasteiger partial charge in [-0.3, -0.25) is 9.69 Å². The number of benzene rings is 2. The Morgan fingerprint density at radius 1 is 1.16 bits per heavy atom. The predicted molar refractivity (Wildman–Crippen MR) is 136 cm³/mol. The van der Waals surface area contributed by atoms with Crippen molar-refractivity contribution in [3.05, 3.63) is 81.0 Å². The molecule has 0 spiro atoms. The minimum atomic E-state index is 0.00419. The van der Waals surface area contributed by atoms with E-state index in [1.54, 1.807) is 0 Å². The molecule has 4 rings (SSSR count). The van der Waals surface area contributed by atoms with E-state index in [4.69, 9.17) is 11.6 Å². The van der Waals surface area contributed by atoms with Gasteiger partial charge in [-0.15, -0.1) is 11.3 Å². The van der Waals surface area contributed by atoms with Crippen LogP contribution in [0.1, 0.15) is 48.0 Å². The maximum absolute atomic E-state index is 12.7. The van der Waals surface area contributed by atoms with Crippen molar-refractivity contribution in [1.29, 1.82) is 0 Å². The molecule has 32 heavy (non-hydrogen) atoms. The Morgan fingerprint density at radius 2 is 1.91 bits per heavy atom. The number of hydrogen-bond donors (Lipinski definition) is 1. The van der Waals surface area contributed by atoms with Gasteiger partial charge in [0.15, 0.2) is 0 Å². The third-order valence-electron chi connectivity index (χ3n) is 6.16. The van der Waals surface area contributed by atoms with Crippen LogP contribution in [-0.4, -0.2) is 30.4 Å². The summed E-state index contributed by atoms with van der Waals surface area (Å²) < 4.78 is 0. The quantitative estimate of drug-likeness (QED) is 0.442. The molecule has 2 aromatic carbocycles. The molecular formula is C27H31ClN2OS. The van der Waals surface area contributed by atoms with Gasteiger partial charge in [0.2, 0.25) is 0 Å². The number of thiophene rings is 1. The molecule has 1 aromatic heterocycles. The van der Waals surface area contributed by atoms with E-state index in [0.29, 0.717) is 10.9 Å². The van der Waals surface area contributed by atoms with E-state index in [0.717, 1.165) is 48.6 Å². The van der Waals surface area contributed by atoms with Crippen molar-refractivity contribution in [2.24, 2.45) is 5.92 Å². The SMILES string of the molecule is CC(C)(C)c1ccc(CN2CCC(CNC(=O)c3cc(-c4ccccc4Cl)cs3)C2)cc1. The molecule has 1 atom stereocenters. The third kappa shape index (κ3) is 5.61. The van der Waals surface area contributed by atoms with Crippen LogP contribution in [-0.2, 0) is 12.0 Å². The molecule has 2 heterocycles. The number of rotatable bonds is 6. The van der Waals surface area contributed by atoms with Gasteiger partial charge in [-0.2, -0.15) is 0 Å². The zero-order valence-electron chi connectivity index (χ0n) is 19.0. The fraction of sp³-hybridized carbons (Fsp3) is 0.370. The lowest BCUT2D eigenvalue weighted by Gasteiger charge is -2.20. The van der Waals surface area contributed by atoms with Crippen molar-refractivity contribution in [3.63, 3.8) is 0 Å². The summed E-state index contributed by atoms with van der Waals surface area (Å²) in [6.45, 7) is 10.5. The first-order valence-corrected chi connectivity index (χ1v) is 12.5. The molecule has 1 unspecified atom stereocenters. The normalized spacial score (nSPS) is 16.9. The molecule has 1 aliphatic rings. The minimum Gasteiger partial charge on any atom is -0.351 e. The van der Waals surface area contributed by atoms with E-state index in [1.165, 1.54) is 22.5 Å². The first-order chi connectivity index (χ1) is 15.3. The number of halogens is 1. The highest BCUT2D eigenvalue weighted by molar-refractivity contribution is 7.12. The molecular weight excluding hydrogens is 436 g/mol. The fourth-order valence-corrected chi connectivity index (χ4v) is 5.28. The number of hydrogen-bond acceptors (Lipinski definition) is 3. The molecule has 3 nitrogen and oxygen atoms in total. The van der Waals surface area contributed by atoms with E-state index >= 15 is 0 Å². The zero-order chi connectivity index (χ0) is 22.7. The second kappa shape index (κ2) is 9.78. The molecule has 1 saturated heterocycles. The molecule has 5 heteroatoms. The summed E-state index contributed by atoms with van der Waals surface area (Å²) in [6, 6.07) is 18.7. The highest BCUT2D eigenvalue weighted by atomic mass is 35.5. The average Bonchev–Trinajstić information content (AvgIpc) is 3.42. The van der Waals surface area contributed by atoms with Crippen LogP contribution in [0, 0.1) is 5.92 Å². The number of carbonyl (C=O) groups is 1. The van der Waals surface area contributed by atoms with Gasteiger partial charge in [0.25, 0.3) is 5.91 Å². The second-order valence-electron chi connectivity index (χ2n) is 9.73. The van der Waals surface area contributed by atoms with Crippen molar-refractivity contribution in [2.45, 2.75) is 39.2 Å². The van der Waals surface area contributed by atoms with Crippen LogP contribution in [0.5, 0.6) is 0 Å². The van der Waals surface area contributed by atoms with Crippen molar-refractivity contribution in [3.8, 4) is 11.1 Å². The van der Waals surface area contributed by atoms with E-state index in [-0.39, 0.29) is 11.3 Å². The lowest BCUT2D eigenvalue weighted by molar-refractivity contribution is 0.0951. The maximum Gasteiger partial charge on any atom is 0.261 e. The van der Waals surface area contributed by atoms with Crippen molar-refractivity contribution in [1.82, 2.24) is 10.2 Å². The Labute approximate surface area is 200 Å². The van der Waals surface area contributed by atoms with Gasteiger partial charge in [0, 0.05) is 30.2 Å². The van der Waals surface area contributed by atoms with E-state index in [2.05, 4.69) is 55.3 Å². The van der Waals surface area contributed by atoms with Crippen LogP contribution >= 0.6 is 22.9 Å². The summed E-state index contributed by atoms with van der Waals surface area (Å²) in [6.07, 6.45) is 1.12. The Bertz CT molecular complexity index is 1070. The predicted octanol–water partition coefficient (Wildman–Crippen LogP) is 6.62. The summed E-state index contributed by atoms with van der Waals surface area (Å²) >= 11 is 7.76. The molecule has 0 bridgehead atoms. The average molecular weight is 467 g/mol. The summed E-state index contributed by atoms with van der Waals surface area (Å²) in [5.74, 6) is 0.500. The van der Waals surface area contributed by atoms with Gasteiger partial charge in [-0.05, 0) is 58.5 Å². The number of likely N-dealkylation sites (tertiary alicyclic amines) is 1. The largest absolute Gasteiger partial charge is 0.351 e. The van der Waals surface area contributed by atoms with Crippen molar-refractivity contribution < 1.29 is 4.79 Å². The molecule has 0 radical (unpaired) electrons. The van der Waals surface area contributed by atoms with Crippen molar-refractivity contribution >= 4 is 28.8 Å². The first-order valence-electron chi connectivity index (χ1n) is 11.2. The van der Waals surface area contributed by atoms with Gasteiger partial charge in [0.05, 0.1) is 4.88 Å². The van der Waals surface area contributed by atoms with Crippen LogP contribution in [0.15, 0.2) is 60.0 Å². The van der Waals surface area contributed by atoms with Crippen molar-refractivity contribution in [2.75, 3.05) is 19.6 Å². The molecule has 1 N–H and O–H groups in total. The maximum atomic E-state index is 12.7. The van der Waals surface area contributed by atoms with Gasteiger partial charge in [-0.1, -0.05) is 74.8 Å². The number of carbonyl (C=O) groups excluding carboxylic acids is 1. The molecule has 1 aliphatic heterocycles. The summed E-state index contributed by atoms with van der Waals surface area (Å²) in [5, 5.41) is 5.84. The topological polar surface area (TPSA) is 32.3 Å². The van der Waals surface area contributed by atoms with Crippen LogP contribution in [0.2, 0.25) is 5.02 Å². The molecule has 168 valence electrons. The van der Waals surface area contributed by atoms with Gasteiger partial charge >= 0.3 is 0 Å². The zero-order valence-corrected chi connectivity index (χ0v) is 20.6. The number of nitrogens with one attached hydrogen (secondary N) is 1. The molecule has 0 aliphatic carbocycles. The monoisotopic (exact) mass is 466 g/mol. The second-order valence-corrected chi connectivity index (χ2v) is 11.0. The lowest BCUT2D eigenvalue weighted by Crippen LogP contribution is -2.30. The van der Waals surface area contributed by atoms with E-state index in [1.807, 2.05) is 35.7 Å². The van der Waals surface area contributed by atoms with E-state index in [9.17, 15) is 4.79 Å². The Kier molecular flexibility index (Phi) is 7.04. The Hall–Kier alpha value is -2.14. The third-order valence-corrected chi connectivity index (χ3v) is 7.41.